The van der Waals surface area contributed by atoms with Crippen LogP contribution in [0.25, 0.3) is 0 Å². The summed E-state index contributed by atoms with van der Waals surface area (Å²) >= 11 is 0. The monoisotopic (exact) mass is 182 g/mol. The minimum atomic E-state index is -1.33. The lowest BCUT2D eigenvalue weighted by molar-refractivity contribution is -0.297. The molecule has 0 aromatic heterocycles. The SMILES string of the molecule is O=C([O-])/C=C\C(=O)N1CCCCC1. The van der Waals surface area contributed by atoms with Gasteiger partial charge in [-0.1, -0.05) is 0 Å². The Morgan fingerprint density at radius 1 is 1.08 bits per heavy atom. The highest BCUT2D eigenvalue weighted by molar-refractivity contribution is 5.93. The molecule has 1 aliphatic heterocycles. The van der Waals surface area contributed by atoms with Gasteiger partial charge < -0.3 is 14.8 Å². The third kappa shape index (κ3) is 3.27. The summed E-state index contributed by atoms with van der Waals surface area (Å²) in [5, 5.41) is 10.0. The fourth-order valence-electron chi connectivity index (χ4n) is 1.36. The first-order valence-electron chi connectivity index (χ1n) is 4.38. The van der Waals surface area contributed by atoms with E-state index in [1.54, 1.807) is 4.90 Å². The number of hydrogen-bond donors (Lipinski definition) is 0. The molecule has 1 heterocycles. The highest BCUT2D eigenvalue weighted by Crippen LogP contribution is 2.08. The van der Waals surface area contributed by atoms with Gasteiger partial charge in [-0.15, -0.1) is 0 Å². The van der Waals surface area contributed by atoms with Gasteiger partial charge in [0.05, 0.1) is 5.97 Å². The van der Waals surface area contributed by atoms with E-state index in [1.807, 2.05) is 0 Å². The molecule has 13 heavy (non-hydrogen) atoms. The minimum Gasteiger partial charge on any atom is -0.545 e. The molecule has 0 atom stereocenters. The van der Waals surface area contributed by atoms with Gasteiger partial charge in [0.15, 0.2) is 0 Å². The third-order valence-corrected chi connectivity index (χ3v) is 2.03. The van der Waals surface area contributed by atoms with Crippen molar-refractivity contribution in [3.8, 4) is 0 Å². The normalized spacial score (nSPS) is 17.7. The molecule has 0 N–H and O–H groups in total. The summed E-state index contributed by atoms with van der Waals surface area (Å²) in [6, 6.07) is 0. The Morgan fingerprint density at radius 3 is 2.23 bits per heavy atom. The van der Waals surface area contributed by atoms with Crippen LogP contribution in [-0.2, 0) is 9.59 Å². The van der Waals surface area contributed by atoms with Gasteiger partial charge >= 0.3 is 0 Å². The van der Waals surface area contributed by atoms with Crippen LogP contribution in [0.3, 0.4) is 0 Å². The summed E-state index contributed by atoms with van der Waals surface area (Å²) in [6.45, 7) is 1.46. The topological polar surface area (TPSA) is 60.4 Å². The van der Waals surface area contributed by atoms with Crippen molar-refractivity contribution in [3.05, 3.63) is 12.2 Å². The molecule has 0 aromatic carbocycles. The van der Waals surface area contributed by atoms with Crippen molar-refractivity contribution in [2.45, 2.75) is 19.3 Å². The summed E-state index contributed by atoms with van der Waals surface area (Å²) in [5.41, 5.74) is 0. The summed E-state index contributed by atoms with van der Waals surface area (Å²) in [4.78, 5) is 22.9. The van der Waals surface area contributed by atoms with Crippen molar-refractivity contribution in [3.63, 3.8) is 0 Å². The van der Waals surface area contributed by atoms with Gasteiger partial charge in [0, 0.05) is 19.2 Å². The summed E-state index contributed by atoms with van der Waals surface area (Å²) in [5.74, 6) is -1.56. The predicted octanol–water partition coefficient (Wildman–Crippen LogP) is -0.695. The maximum atomic E-state index is 11.3. The van der Waals surface area contributed by atoms with Crippen LogP contribution in [0.1, 0.15) is 19.3 Å². The molecule has 0 unspecified atom stereocenters. The van der Waals surface area contributed by atoms with Gasteiger partial charge in [0.2, 0.25) is 5.91 Å². The smallest absolute Gasteiger partial charge is 0.246 e. The number of nitrogens with zero attached hydrogens (tertiary/aromatic N) is 1. The first kappa shape index (κ1) is 9.77. The summed E-state index contributed by atoms with van der Waals surface area (Å²) in [6.07, 6.45) is 4.99. The van der Waals surface area contributed by atoms with E-state index in [0.29, 0.717) is 0 Å². The Kier molecular flexibility index (Phi) is 3.49. The van der Waals surface area contributed by atoms with Crippen LogP contribution in [-0.4, -0.2) is 29.9 Å². The first-order valence-corrected chi connectivity index (χ1v) is 4.38. The number of rotatable bonds is 2. The molecular formula is C9H12NO3-. The van der Waals surface area contributed by atoms with Crippen LogP contribution in [0.2, 0.25) is 0 Å². The zero-order valence-corrected chi connectivity index (χ0v) is 7.36. The number of piperidine rings is 1. The molecule has 4 nitrogen and oxygen atoms in total. The van der Waals surface area contributed by atoms with Crippen molar-refractivity contribution in [1.82, 2.24) is 4.90 Å². The van der Waals surface area contributed by atoms with Gasteiger partial charge in [-0.2, -0.15) is 0 Å². The summed E-state index contributed by atoms with van der Waals surface area (Å²) < 4.78 is 0. The first-order chi connectivity index (χ1) is 6.20. The number of amides is 1. The van der Waals surface area contributed by atoms with Gasteiger partial charge in [0.1, 0.15) is 0 Å². The molecule has 0 spiro atoms. The Balaban J connectivity index is 2.41. The maximum Gasteiger partial charge on any atom is 0.246 e. The largest absolute Gasteiger partial charge is 0.545 e. The highest BCUT2D eigenvalue weighted by Gasteiger charge is 2.13. The molecule has 1 rings (SSSR count). The van der Waals surface area contributed by atoms with Crippen LogP contribution < -0.4 is 5.11 Å². The Hall–Kier alpha value is -1.32. The molecule has 0 bridgehead atoms. The van der Waals surface area contributed by atoms with Crippen molar-refractivity contribution in [2.24, 2.45) is 0 Å². The number of hydrogen-bond acceptors (Lipinski definition) is 3. The third-order valence-electron chi connectivity index (χ3n) is 2.03. The van der Waals surface area contributed by atoms with Gasteiger partial charge in [-0.05, 0) is 25.3 Å². The Bertz CT molecular complexity index is 229. The predicted molar refractivity (Wildman–Crippen MR) is 44.6 cm³/mol. The Labute approximate surface area is 76.8 Å². The van der Waals surface area contributed by atoms with Crippen molar-refractivity contribution in [1.29, 1.82) is 0 Å². The lowest BCUT2D eigenvalue weighted by Gasteiger charge is -2.25. The number of aliphatic carboxylic acids is 1. The minimum absolute atomic E-state index is 0.232. The van der Waals surface area contributed by atoms with E-state index in [9.17, 15) is 14.7 Å². The lowest BCUT2D eigenvalue weighted by atomic mass is 10.1. The van der Waals surface area contributed by atoms with E-state index >= 15 is 0 Å². The van der Waals surface area contributed by atoms with E-state index < -0.39 is 5.97 Å². The van der Waals surface area contributed by atoms with E-state index in [2.05, 4.69) is 0 Å². The van der Waals surface area contributed by atoms with E-state index in [4.69, 9.17) is 0 Å². The van der Waals surface area contributed by atoms with E-state index in [-0.39, 0.29) is 5.91 Å². The number of likely N-dealkylation sites (tertiary alicyclic amines) is 1. The Morgan fingerprint density at radius 2 is 1.69 bits per heavy atom. The van der Waals surface area contributed by atoms with Gasteiger partial charge in [-0.3, -0.25) is 4.79 Å². The maximum absolute atomic E-state index is 11.3. The number of carbonyl (C=O) groups excluding carboxylic acids is 2. The van der Waals surface area contributed by atoms with Crippen LogP contribution >= 0.6 is 0 Å². The second-order valence-corrected chi connectivity index (χ2v) is 3.04. The molecule has 1 saturated heterocycles. The van der Waals surface area contributed by atoms with Crippen LogP contribution in [0.15, 0.2) is 12.2 Å². The molecule has 0 radical (unpaired) electrons. The van der Waals surface area contributed by atoms with Crippen LogP contribution in [0.5, 0.6) is 0 Å². The number of carboxylic acid groups (broad SMARTS) is 1. The molecule has 1 amide bonds. The lowest BCUT2D eigenvalue weighted by Crippen LogP contribution is -2.34. The number of carboxylic acids is 1. The van der Waals surface area contributed by atoms with Crippen molar-refractivity contribution >= 4 is 11.9 Å². The molecule has 72 valence electrons. The molecular weight excluding hydrogens is 170 g/mol. The van der Waals surface area contributed by atoms with Crippen molar-refractivity contribution in [2.75, 3.05) is 13.1 Å². The fraction of sp³-hybridized carbons (Fsp3) is 0.556. The van der Waals surface area contributed by atoms with E-state index in [0.717, 1.165) is 44.5 Å². The zero-order valence-electron chi connectivity index (χ0n) is 7.36. The standard InChI is InChI=1S/C9H13NO3/c11-8(4-5-9(12)13)10-6-2-1-3-7-10/h4-5H,1-3,6-7H2,(H,12,13)/p-1/b5-4-. The fourth-order valence-corrected chi connectivity index (χ4v) is 1.36. The molecule has 0 aliphatic carbocycles. The molecule has 0 aromatic rings. The molecule has 4 heteroatoms. The van der Waals surface area contributed by atoms with Gasteiger partial charge in [0.25, 0.3) is 0 Å². The van der Waals surface area contributed by atoms with E-state index in [1.165, 1.54) is 0 Å². The van der Waals surface area contributed by atoms with Crippen LogP contribution in [0.4, 0.5) is 0 Å². The quantitative estimate of drug-likeness (QED) is 0.531. The average Bonchev–Trinajstić information content (AvgIpc) is 2.15. The molecule has 1 fully saturated rings. The van der Waals surface area contributed by atoms with Crippen molar-refractivity contribution < 1.29 is 14.7 Å². The second-order valence-electron chi connectivity index (χ2n) is 3.04. The number of carbonyl (C=O) groups is 2. The highest BCUT2D eigenvalue weighted by atomic mass is 16.4. The van der Waals surface area contributed by atoms with Gasteiger partial charge in [-0.25, -0.2) is 0 Å². The molecule has 1 aliphatic rings. The summed E-state index contributed by atoms with van der Waals surface area (Å²) in [7, 11) is 0. The average molecular weight is 182 g/mol. The molecule has 0 saturated carbocycles. The zero-order chi connectivity index (χ0) is 9.68. The second kappa shape index (κ2) is 4.64. The van der Waals surface area contributed by atoms with Crippen LogP contribution in [0, 0.1) is 0 Å².